The number of benzene rings is 2. The van der Waals surface area contributed by atoms with Gasteiger partial charge in [0.25, 0.3) is 0 Å². The monoisotopic (exact) mass is 374 g/mol. The molecule has 2 heterocycles. The van der Waals surface area contributed by atoms with E-state index in [1.165, 1.54) is 20.9 Å². The van der Waals surface area contributed by atoms with Gasteiger partial charge in [-0.15, -0.1) is 0 Å². The highest BCUT2D eigenvalue weighted by molar-refractivity contribution is 7.99. The first-order valence-electron chi connectivity index (χ1n) is 8.87. The lowest BCUT2D eigenvalue weighted by Crippen LogP contribution is -2.48. The molecule has 0 spiro atoms. The molecule has 3 nitrogen and oxygen atoms in total. The van der Waals surface area contributed by atoms with Crippen LogP contribution in [-0.2, 0) is 6.42 Å². The Morgan fingerprint density at radius 2 is 1.84 bits per heavy atom. The molecular formula is C20H23ClN2OS. The Morgan fingerprint density at radius 3 is 2.64 bits per heavy atom. The smallest absolute Gasteiger partial charge is 0.0558 e. The summed E-state index contributed by atoms with van der Waals surface area (Å²) in [5, 5.41) is 9.98. The molecule has 25 heavy (non-hydrogen) atoms. The van der Waals surface area contributed by atoms with Gasteiger partial charge in [0.1, 0.15) is 0 Å². The highest BCUT2D eigenvalue weighted by Crippen LogP contribution is 2.43. The minimum absolute atomic E-state index is 0.245. The Kier molecular flexibility index (Phi) is 5.34. The molecular weight excluding hydrogens is 352 g/mol. The Labute approximate surface area is 158 Å². The molecule has 0 radical (unpaired) electrons. The van der Waals surface area contributed by atoms with Crippen LogP contribution in [-0.4, -0.2) is 54.2 Å². The lowest BCUT2D eigenvalue weighted by Gasteiger charge is -2.39. The summed E-state index contributed by atoms with van der Waals surface area (Å²) in [7, 11) is 0. The summed E-state index contributed by atoms with van der Waals surface area (Å²) in [6, 6.07) is 15.5. The second kappa shape index (κ2) is 7.68. The van der Waals surface area contributed by atoms with E-state index in [4.69, 9.17) is 16.7 Å². The summed E-state index contributed by atoms with van der Waals surface area (Å²) < 4.78 is 0. The Hall–Kier alpha value is -1.04. The first kappa shape index (κ1) is 17.4. The van der Waals surface area contributed by atoms with Crippen LogP contribution in [0.2, 0.25) is 5.02 Å². The Balaban J connectivity index is 1.64. The van der Waals surface area contributed by atoms with E-state index in [-0.39, 0.29) is 6.61 Å². The van der Waals surface area contributed by atoms with E-state index in [2.05, 4.69) is 46.2 Å². The zero-order chi connectivity index (χ0) is 17.2. The van der Waals surface area contributed by atoms with Gasteiger partial charge in [-0.2, -0.15) is 0 Å². The van der Waals surface area contributed by atoms with Crippen LogP contribution >= 0.6 is 23.4 Å². The normalized spacial score (nSPS) is 21.4. The number of nitrogens with zero attached hydrogens (tertiary/aromatic N) is 2. The van der Waals surface area contributed by atoms with Crippen LogP contribution in [0.5, 0.6) is 0 Å². The van der Waals surface area contributed by atoms with Gasteiger partial charge in [0.05, 0.1) is 6.61 Å². The number of piperazine rings is 1. The van der Waals surface area contributed by atoms with Crippen molar-refractivity contribution >= 4 is 23.4 Å². The molecule has 2 aromatic rings. The largest absolute Gasteiger partial charge is 0.395 e. The van der Waals surface area contributed by atoms with Crippen molar-refractivity contribution in [1.29, 1.82) is 0 Å². The predicted molar refractivity (Wildman–Crippen MR) is 104 cm³/mol. The minimum atomic E-state index is 0.245. The van der Waals surface area contributed by atoms with Crippen LogP contribution < -0.4 is 0 Å². The van der Waals surface area contributed by atoms with Crippen LogP contribution in [0.1, 0.15) is 17.2 Å². The van der Waals surface area contributed by atoms with Crippen LogP contribution in [0.15, 0.2) is 52.3 Å². The van der Waals surface area contributed by atoms with Gasteiger partial charge in [-0.3, -0.25) is 9.80 Å². The first-order chi connectivity index (χ1) is 12.2. The van der Waals surface area contributed by atoms with Crippen LogP contribution in [0.4, 0.5) is 0 Å². The summed E-state index contributed by atoms with van der Waals surface area (Å²) >= 11 is 8.14. The third kappa shape index (κ3) is 3.74. The molecule has 0 aliphatic carbocycles. The number of hydrogen-bond donors (Lipinski definition) is 1. The number of aliphatic hydroxyl groups is 1. The molecule has 0 unspecified atom stereocenters. The third-order valence-corrected chi connectivity index (χ3v) is 6.64. The number of hydrogen-bond acceptors (Lipinski definition) is 4. The topological polar surface area (TPSA) is 26.7 Å². The van der Waals surface area contributed by atoms with E-state index in [1.807, 2.05) is 17.8 Å². The average Bonchev–Trinajstić information content (AvgIpc) is 2.79. The maximum atomic E-state index is 9.17. The van der Waals surface area contributed by atoms with Gasteiger partial charge in [0.15, 0.2) is 0 Å². The maximum Gasteiger partial charge on any atom is 0.0558 e. The molecule has 4 rings (SSSR count). The van der Waals surface area contributed by atoms with Gasteiger partial charge in [-0.25, -0.2) is 0 Å². The number of halogens is 1. The lowest BCUT2D eigenvalue weighted by molar-refractivity contribution is 0.0823. The number of β-amino-alcohol motifs (C(OH)–C–C–N with tert-alkyl or cyclic N) is 1. The second-order valence-corrected chi connectivity index (χ2v) is 8.23. The van der Waals surface area contributed by atoms with Gasteiger partial charge in [-0.05, 0) is 41.8 Å². The Morgan fingerprint density at radius 1 is 1.04 bits per heavy atom. The van der Waals surface area contributed by atoms with Crippen LogP contribution in [0.25, 0.3) is 0 Å². The van der Waals surface area contributed by atoms with Gasteiger partial charge in [0.2, 0.25) is 0 Å². The molecule has 0 aromatic heterocycles. The molecule has 0 bridgehead atoms. The fourth-order valence-corrected chi connectivity index (χ4v) is 5.17. The fraction of sp³-hybridized carbons (Fsp3) is 0.400. The first-order valence-corrected chi connectivity index (χ1v) is 10.1. The summed E-state index contributed by atoms with van der Waals surface area (Å²) in [6.07, 6.45) is 1.000. The van der Waals surface area contributed by atoms with Gasteiger partial charge in [-0.1, -0.05) is 41.6 Å². The van der Waals surface area contributed by atoms with Crippen LogP contribution in [0, 0.1) is 0 Å². The standard InChI is InChI=1S/C20H23ClN2OS/c21-16-5-6-19-15(13-16)14-18(17-3-1-2-4-20(17)25-19)23-9-7-22(8-10-23)11-12-24/h1-6,13,18,24H,7-12,14H2/t18-/m1/s1. The molecule has 2 aliphatic rings. The molecule has 1 saturated heterocycles. The Bertz CT molecular complexity index is 746. The summed E-state index contributed by atoms with van der Waals surface area (Å²) in [5.74, 6) is 0. The van der Waals surface area contributed by atoms with E-state index in [0.717, 1.165) is 44.2 Å². The zero-order valence-corrected chi connectivity index (χ0v) is 15.8. The lowest BCUT2D eigenvalue weighted by atomic mass is 9.96. The molecule has 2 aliphatic heterocycles. The summed E-state index contributed by atoms with van der Waals surface area (Å²) in [5.41, 5.74) is 2.77. The van der Waals surface area contributed by atoms with E-state index in [0.29, 0.717) is 6.04 Å². The molecule has 5 heteroatoms. The van der Waals surface area contributed by atoms with Crippen molar-refractivity contribution in [2.45, 2.75) is 22.3 Å². The fourth-order valence-electron chi connectivity index (χ4n) is 3.86. The van der Waals surface area contributed by atoms with E-state index < -0.39 is 0 Å². The molecule has 0 saturated carbocycles. The molecule has 1 atom stereocenters. The van der Waals surface area contributed by atoms with Crippen molar-refractivity contribution in [2.75, 3.05) is 39.3 Å². The van der Waals surface area contributed by atoms with Crippen molar-refractivity contribution in [2.24, 2.45) is 0 Å². The van der Waals surface area contributed by atoms with E-state index in [1.54, 1.807) is 0 Å². The van der Waals surface area contributed by atoms with E-state index in [9.17, 15) is 0 Å². The SMILES string of the molecule is OCCN1CCN([C@@H]2Cc3cc(Cl)ccc3Sc3ccccc32)CC1. The molecule has 0 amide bonds. The summed E-state index contributed by atoms with van der Waals surface area (Å²) in [4.78, 5) is 7.62. The van der Waals surface area contributed by atoms with Crippen molar-refractivity contribution < 1.29 is 5.11 Å². The molecule has 1 N–H and O–H groups in total. The maximum absolute atomic E-state index is 9.17. The molecule has 132 valence electrons. The van der Waals surface area contributed by atoms with Gasteiger partial charge < -0.3 is 5.11 Å². The van der Waals surface area contributed by atoms with E-state index >= 15 is 0 Å². The van der Waals surface area contributed by atoms with Crippen molar-refractivity contribution in [3.63, 3.8) is 0 Å². The molecule has 1 fully saturated rings. The zero-order valence-electron chi connectivity index (χ0n) is 14.2. The van der Waals surface area contributed by atoms with Gasteiger partial charge >= 0.3 is 0 Å². The number of rotatable bonds is 3. The summed E-state index contributed by atoms with van der Waals surface area (Å²) in [6.45, 7) is 5.15. The number of aliphatic hydroxyl groups excluding tert-OH is 1. The highest BCUT2D eigenvalue weighted by atomic mass is 35.5. The minimum Gasteiger partial charge on any atom is -0.395 e. The second-order valence-electron chi connectivity index (χ2n) is 6.71. The highest BCUT2D eigenvalue weighted by Gasteiger charge is 2.29. The van der Waals surface area contributed by atoms with Crippen molar-refractivity contribution in [3.05, 3.63) is 58.6 Å². The van der Waals surface area contributed by atoms with Crippen LogP contribution in [0.3, 0.4) is 0 Å². The van der Waals surface area contributed by atoms with Crippen molar-refractivity contribution in [1.82, 2.24) is 9.80 Å². The predicted octanol–water partition coefficient (Wildman–Crippen LogP) is 3.70. The van der Waals surface area contributed by atoms with Gasteiger partial charge in [0, 0.05) is 53.6 Å². The molecule has 2 aromatic carbocycles. The van der Waals surface area contributed by atoms with Crippen molar-refractivity contribution in [3.8, 4) is 0 Å². The average molecular weight is 375 g/mol. The number of fused-ring (bicyclic) bond motifs is 2. The third-order valence-electron chi connectivity index (χ3n) is 5.20. The quantitative estimate of drug-likeness (QED) is 0.886.